The Kier molecular flexibility index (Phi) is 12.1. The minimum atomic E-state index is 0.0846. The SMILES string of the molecule is CCN(CCN(C)C)C(=O)COCC(CSC)N(C)CC. The number of rotatable bonds is 12. The smallest absolute Gasteiger partial charge is 0.248 e. The van der Waals surface area contributed by atoms with E-state index in [1.54, 1.807) is 0 Å². The van der Waals surface area contributed by atoms with Gasteiger partial charge in [0.05, 0.1) is 6.61 Å². The average molecular weight is 320 g/mol. The molecular formula is C15H33N3O2S. The number of carbonyl (C=O) groups is 1. The highest BCUT2D eigenvalue weighted by Crippen LogP contribution is 2.05. The van der Waals surface area contributed by atoms with E-state index in [2.05, 4.69) is 30.0 Å². The zero-order valence-electron chi connectivity index (χ0n) is 14.6. The molecule has 6 heteroatoms. The van der Waals surface area contributed by atoms with Gasteiger partial charge in [0.2, 0.25) is 5.91 Å². The largest absolute Gasteiger partial charge is 0.370 e. The molecule has 0 aliphatic carbocycles. The van der Waals surface area contributed by atoms with Crippen molar-refractivity contribution in [3.63, 3.8) is 0 Å². The Labute approximate surface area is 135 Å². The summed E-state index contributed by atoms with van der Waals surface area (Å²) in [6.07, 6.45) is 2.10. The van der Waals surface area contributed by atoms with Gasteiger partial charge in [-0.25, -0.2) is 0 Å². The summed E-state index contributed by atoms with van der Waals surface area (Å²) >= 11 is 1.81. The Bertz CT molecular complexity index is 278. The second-order valence-corrected chi connectivity index (χ2v) is 6.38. The van der Waals surface area contributed by atoms with Crippen molar-refractivity contribution in [1.82, 2.24) is 14.7 Å². The highest BCUT2D eigenvalue weighted by molar-refractivity contribution is 7.98. The summed E-state index contributed by atoms with van der Waals surface area (Å²) in [5, 5.41) is 0. The second kappa shape index (κ2) is 12.3. The molecule has 1 amide bonds. The zero-order valence-corrected chi connectivity index (χ0v) is 15.4. The van der Waals surface area contributed by atoms with Gasteiger partial charge in [0.1, 0.15) is 6.61 Å². The number of hydrogen-bond donors (Lipinski definition) is 0. The highest BCUT2D eigenvalue weighted by atomic mass is 32.2. The quantitative estimate of drug-likeness (QED) is 0.538. The standard InChI is InChI=1S/C15H33N3O2S/c1-7-17(5)14(13-21-6)11-20-12-15(19)18(8-2)10-9-16(3)4/h14H,7-13H2,1-6H3. The zero-order chi connectivity index (χ0) is 16.3. The molecule has 0 aliphatic rings. The maximum atomic E-state index is 12.1. The second-order valence-electron chi connectivity index (χ2n) is 5.47. The first-order chi connectivity index (χ1) is 9.96. The first-order valence-corrected chi connectivity index (χ1v) is 9.04. The molecule has 1 atom stereocenters. The maximum Gasteiger partial charge on any atom is 0.248 e. The van der Waals surface area contributed by atoms with Crippen molar-refractivity contribution in [3.8, 4) is 0 Å². The van der Waals surface area contributed by atoms with E-state index in [1.807, 2.05) is 37.7 Å². The molecule has 0 fully saturated rings. The van der Waals surface area contributed by atoms with Crippen LogP contribution in [-0.4, -0.2) is 99.2 Å². The van der Waals surface area contributed by atoms with Crippen LogP contribution in [0.25, 0.3) is 0 Å². The van der Waals surface area contributed by atoms with Crippen molar-refractivity contribution >= 4 is 17.7 Å². The van der Waals surface area contributed by atoms with Crippen molar-refractivity contribution in [2.75, 3.05) is 72.5 Å². The summed E-state index contributed by atoms with van der Waals surface area (Å²) in [6, 6.07) is 0.370. The Hall–Kier alpha value is -0.300. The van der Waals surface area contributed by atoms with Crippen LogP contribution in [0.2, 0.25) is 0 Å². The van der Waals surface area contributed by atoms with E-state index in [4.69, 9.17) is 4.74 Å². The minimum absolute atomic E-state index is 0.0846. The number of likely N-dealkylation sites (N-methyl/N-ethyl adjacent to an activating group) is 3. The fourth-order valence-corrected chi connectivity index (χ4v) is 2.64. The predicted octanol–water partition coefficient (Wildman–Crippen LogP) is 1.10. The van der Waals surface area contributed by atoms with Gasteiger partial charge in [0, 0.05) is 31.4 Å². The molecule has 21 heavy (non-hydrogen) atoms. The van der Waals surface area contributed by atoms with Crippen molar-refractivity contribution in [3.05, 3.63) is 0 Å². The molecule has 0 aliphatic heterocycles. The van der Waals surface area contributed by atoms with E-state index in [1.165, 1.54) is 0 Å². The van der Waals surface area contributed by atoms with E-state index >= 15 is 0 Å². The van der Waals surface area contributed by atoms with Crippen LogP contribution in [0.15, 0.2) is 0 Å². The first kappa shape index (κ1) is 20.7. The Morgan fingerprint density at radius 1 is 1.14 bits per heavy atom. The van der Waals surface area contributed by atoms with Gasteiger partial charge in [0.25, 0.3) is 0 Å². The molecule has 1 unspecified atom stereocenters. The fourth-order valence-electron chi connectivity index (χ4n) is 1.91. The third-order valence-electron chi connectivity index (χ3n) is 3.57. The van der Waals surface area contributed by atoms with Crippen LogP contribution in [0.5, 0.6) is 0 Å². The molecule has 0 bridgehead atoms. The van der Waals surface area contributed by atoms with Gasteiger partial charge in [0.15, 0.2) is 0 Å². The van der Waals surface area contributed by atoms with Gasteiger partial charge in [-0.05, 0) is 40.9 Å². The van der Waals surface area contributed by atoms with Crippen LogP contribution < -0.4 is 0 Å². The highest BCUT2D eigenvalue weighted by Gasteiger charge is 2.16. The van der Waals surface area contributed by atoms with E-state index in [0.717, 1.165) is 31.9 Å². The molecule has 126 valence electrons. The molecule has 0 N–H and O–H groups in total. The summed E-state index contributed by atoms with van der Waals surface area (Å²) in [4.78, 5) is 18.3. The summed E-state index contributed by atoms with van der Waals surface area (Å²) in [5.74, 6) is 1.11. The van der Waals surface area contributed by atoms with Crippen LogP contribution >= 0.6 is 11.8 Å². The first-order valence-electron chi connectivity index (χ1n) is 7.65. The summed E-state index contributed by atoms with van der Waals surface area (Å²) in [7, 11) is 6.13. The molecule has 0 spiro atoms. The number of thioether (sulfide) groups is 1. The number of ether oxygens (including phenoxy) is 1. The summed E-state index contributed by atoms with van der Waals surface area (Å²) in [5.41, 5.74) is 0. The summed E-state index contributed by atoms with van der Waals surface area (Å²) < 4.78 is 5.66. The van der Waals surface area contributed by atoms with Crippen LogP contribution in [-0.2, 0) is 9.53 Å². The van der Waals surface area contributed by atoms with Gasteiger partial charge >= 0.3 is 0 Å². The molecule has 0 radical (unpaired) electrons. The molecule has 0 heterocycles. The van der Waals surface area contributed by atoms with Crippen LogP contribution in [0.3, 0.4) is 0 Å². The predicted molar refractivity (Wildman–Crippen MR) is 92.1 cm³/mol. The molecule has 0 aromatic rings. The third-order valence-corrected chi connectivity index (χ3v) is 4.29. The third kappa shape index (κ3) is 9.34. The topological polar surface area (TPSA) is 36.0 Å². The summed E-state index contributed by atoms with van der Waals surface area (Å²) in [6.45, 7) is 8.31. The number of hydrogen-bond acceptors (Lipinski definition) is 5. The lowest BCUT2D eigenvalue weighted by molar-refractivity contribution is -0.136. The van der Waals surface area contributed by atoms with Gasteiger partial charge in [-0.1, -0.05) is 6.92 Å². The van der Waals surface area contributed by atoms with Crippen LogP contribution in [0, 0.1) is 0 Å². The Morgan fingerprint density at radius 3 is 2.29 bits per heavy atom. The molecular weight excluding hydrogens is 286 g/mol. The number of amides is 1. The van der Waals surface area contributed by atoms with Crippen LogP contribution in [0.4, 0.5) is 0 Å². The molecule has 0 aromatic carbocycles. The van der Waals surface area contributed by atoms with Crippen molar-refractivity contribution < 1.29 is 9.53 Å². The van der Waals surface area contributed by atoms with E-state index < -0.39 is 0 Å². The average Bonchev–Trinajstić information content (AvgIpc) is 2.45. The molecule has 5 nitrogen and oxygen atoms in total. The van der Waals surface area contributed by atoms with Gasteiger partial charge in [-0.3, -0.25) is 4.79 Å². The molecule has 0 aromatic heterocycles. The molecule has 0 rings (SSSR count). The van der Waals surface area contributed by atoms with Crippen molar-refractivity contribution in [2.45, 2.75) is 19.9 Å². The lowest BCUT2D eigenvalue weighted by Gasteiger charge is -2.27. The molecule has 0 saturated heterocycles. The van der Waals surface area contributed by atoms with Crippen molar-refractivity contribution in [2.24, 2.45) is 0 Å². The monoisotopic (exact) mass is 319 g/mol. The normalized spacial score (nSPS) is 13.0. The fraction of sp³-hybridized carbons (Fsp3) is 0.933. The lowest BCUT2D eigenvalue weighted by atomic mass is 10.3. The Balaban J connectivity index is 4.13. The van der Waals surface area contributed by atoms with Crippen LogP contribution in [0.1, 0.15) is 13.8 Å². The van der Waals surface area contributed by atoms with Crippen molar-refractivity contribution in [1.29, 1.82) is 0 Å². The van der Waals surface area contributed by atoms with Gasteiger partial charge < -0.3 is 19.4 Å². The number of nitrogens with zero attached hydrogens (tertiary/aromatic N) is 3. The van der Waals surface area contributed by atoms with E-state index in [0.29, 0.717) is 12.6 Å². The van der Waals surface area contributed by atoms with Gasteiger partial charge in [-0.2, -0.15) is 11.8 Å². The molecule has 0 saturated carbocycles. The van der Waals surface area contributed by atoms with E-state index in [9.17, 15) is 4.79 Å². The Morgan fingerprint density at radius 2 is 1.81 bits per heavy atom. The maximum absolute atomic E-state index is 12.1. The lowest BCUT2D eigenvalue weighted by Crippen LogP contribution is -2.41. The van der Waals surface area contributed by atoms with E-state index in [-0.39, 0.29) is 12.5 Å². The minimum Gasteiger partial charge on any atom is -0.370 e. The number of carbonyl (C=O) groups excluding carboxylic acids is 1. The van der Waals surface area contributed by atoms with Gasteiger partial charge in [-0.15, -0.1) is 0 Å².